The van der Waals surface area contributed by atoms with Crippen molar-refractivity contribution in [3.05, 3.63) is 124 Å². The fraction of sp³-hybridized carbons (Fsp3) is 0.229. The summed E-state index contributed by atoms with van der Waals surface area (Å²) < 4.78 is 17.1. The molecule has 0 bridgehead atoms. The number of carbonyl (C=O) groups excluding carboxylic acids is 2. The average Bonchev–Trinajstić information content (AvgIpc) is 3.03. The van der Waals surface area contributed by atoms with Crippen molar-refractivity contribution in [1.29, 1.82) is 5.26 Å². The van der Waals surface area contributed by atoms with Crippen LogP contribution in [0.1, 0.15) is 35.1 Å². The predicted molar refractivity (Wildman–Crippen MR) is 173 cm³/mol. The number of nitrogens with zero attached hydrogens (tertiary/aromatic N) is 1. The maximum absolute atomic E-state index is 13.3. The van der Waals surface area contributed by atoms with E-state index in [1.165, 1.54) is 24.9 Å². The SMILES string of the molecule is C=CCOC(=O)C1=C(C)NC(SCC(=O)Nc2cc(C)ccc2C)=C(C#N)[C@@H]1c1ccc(OCc2ccccc2)c(OC)c1. The van der Waals surface area contributed by atoms with Gasteiger partial charge in [-0.2, -0.15) is 5.26 Å². The molecule has 3 aromatic carbocycles. The normalized spacial score (nSPS) is 14.3. The summed E-state index contributed by atoms with van der Waals surface area (Å²) in [6, 6.07) is 23.2. The first kappa shape index (κ1) is 32.0. The second-order valence-corrected chi connectivity index (χ2v) is 11.2. The molecule has 0 aromatic heterocycles. The number of dihydropyridines is 1. The first-order chi connectivity index (χ1) is 21.2. The lowest BCUT2D eigenvalue weighted by atomic mass is 9.82. The molecule has 3 aromatic rings. The Morgan fingerprint density at radius 3 is 2.55 bits per heavy atom. The van der Waals surface area contributed by atoms with E-state index in [0.29, 0.717) is 34.4 Å². The Kier molecular flexibility index (Phi) is 10.9. The number of nitriles is 1. The van der Waals surface area contributed by atoms with Crippen molar-refractivity contribution >= 4 is 29.3 Å². The summed E-state index contributed by atoms with van der Waals surface area (Å²) in [5.74, 6) is -0.551. The number of esters is 1. The molecule has 8 nitrogen and oxygen atoms in total. The lowest BCUT2D eigenvalue weighted by Crippen LogP contribution is -2.29. The van der Waals surface area contributed by atoms with E-state index in [0.717, 1.165) is 22.4 Å². The molecule has 0 fully saturated rings. The highest BCUT2D eigenvalue weighted by atomic mass is 32.2. The van der Waals surface area contributed by atoms with Crippen LogP contribution in [0, 0.1) is 25.2 Å². The van der Waals surface area contributed by atoms with Crippen molar-refractivity contribution < 1.29 is 23.8 Å². The van der Waals surface area contributed by atoms with Gasteiger partial charge in [0.05, 0.1) is 41.0 Å². The number of thioether (sulfide) groups is 1. The van der Waals surface area contributed by atoms with Crippen LogP contribution in [-0.4, -0.2) is 31.3 Å². The molecule has 0 unspecified atom stereocenters. The van der Waals surface area contributed by atoms with Crippen LogP contribution in [0.5, 0.6) is 11.5 Å². The van der Waals surface area contributed by atoms with Gasteiger partial charge in [-0.25, -0.2) is 4.79 Å². The molecule has 0 aliphatic carbocycles. The van der Waals surface area contributed by atoms with Gasteiger partial charge in [-0.05, 0) is 61.2 Å². The number of nitrogens with one attached hydrogen (secondary N) is 2. The van der Waals surface area contributed by atoms with Gasteiger partial charge in [-0.3, -0.25) is 4.79 Å². The molecule has 9 heteroatoms. The molecule has 0 saturated heterocycles. The van der Waals surface area contributed by atoms with E-state index in [1.54, 1.807) is 25.1 Å². The maximum Gasteiger partial charge on any atom is 0.337 e. The molecule has 44 heavy (non-hydrogen) atoms. The zero-order chi connectivity index (χ0) is 31.6. The van der Waals surface area contributed by atoms with E-state index < -0.39 is 11.9 Å². The average molecular weight is 610 g/mol. The third-order valence-corrected chi connectivity index (χ3v) is 7.99. The van der Waals surface area contributed by atoms with Crippen LogP contribution in [0.3, 0.4) is 0 Å². The number of carbonyl (C=O) groups is 2. The first-order valence-corrected chi connectivity index (χ1v) is 15.0. The van der Waals surface area contributed by atoms with Crippen molar-refractivity contribution in [2.75, 3.05) is 24.8 Å². The van der Waals surface area contributed by atoms with Gasteiger partial charge in [0.25, 0.3) is 0 Å². The summed E-state index contributed by atoms with van der Waals surface area (Å²) in [7, 11) is 1.54. The molecule has 0 radical (unpaired) electrons. The molecule has 1 amide bonds. The third-order valence-electron chi connectivity index (χ3n) is 6.97. The Hall–Kier alpha value is -4.94. The van der Waals surface area contributed by atoms with Crippen molar-refractivity contribution in [2.45, 2.75) is 33.3 Å². The molecule has 1 aliphatic rings. The number of ether oxygens (including phenoxy) is 3. The fourth-order valence-corrected chi connectivity index (χ4v) is 5.65. The van der Waals surface area contributed by atoms with Crippen LogP contribution in [0.15, 0.2) is 101 Å². The number of allylic oxidation sites excluding steroid dienone is 2. The third kappa shape index (κ3) is 7.71. The van der Waals surface area contributed by atoms with Gasteiger partial charge in [-0.1, -0.05) is 72.9 Å². The smallest absolute Gasteiger partial charge is 0.337 e. The van der Waals surface area contributed by atoms with Gasteiger partial charge < -0.3 is 24.8 Å². The highest BCUT2D eigenvalue weighted by Crippen LogP contribution is 2.43. The van der Waals surface area contributed by atoms with Gasteiger partial charge in [0.2, 0.25) is 5.91 Å². The van der Waals surface area contributed by atoms with Gasteiger partial charge >= 0.3 is 5.97 Å². The fourth-order valence-electron chi connectivity index (χ4n) is 4.76. The van der Waals surface area contributed by atoms with Crippen LogP contribution in [0.4, 0.5) is 5.69 Å². The zero-order valence-corrected chi connectivity index (χ0v) is 26.0. The molecule has 226 valence electrons. The zero-order valence-electron chi connectivity index (χ0n) is 25.2. The molecule has 1 aliphatic heterocycles. The summed E-state index contributed by atoms with van der Waals surface area (Å²) >= 11 is 1.20. The Morgan fingerprint density at radius 1 is 1.07 bits per heavy atom. The number of hydrogen-bond acceptors (Lipinski definition) is 8. The highest BCUT2D eigenvalue weighted by Gasteiger charge is 2.36. The van der Waals surface area contributed by atoms with Gasteiger partial charge in [0.1, 0.15) is 13.2 Å². The summed E-state index contributed by atoms with van der Waals surface area (Å²) in [5, 5.41) is 17.0. The quantitative estimate of drug-likeness (QED) is 0.173. The summed E-state index contributed by atoms with van der Waals surface area (Å²) in [6.07, 6.45) is 1.48. The van der Waals surface area contributed by atoms with Crippen molar-refractivity contribution in [3.63, 3.8) is 0 Å². The number of benzene rings is 3. The van der Waals surface area contributed by atoms with Gasteiger partial charge in [-0.15, -0.1) is 0 Å². The second kappa shape index (κ2) is 15.0. The molecule has 1 heterocycles. The second-order valence-electron chi connectivity index (χ2n) is 10.2. The molecule has 1 atom stereocenters. The van der Waals surface area contributed by atoms with E-state index in [9.17, 15) is 14.9 Å². The Morgan fingerprint density at radius 2 is 1.84 bits per heavy atom. The number of rotatable bonds is 12. The van der Waals surface area contributed by atoms with E-state index in [-0.39, 0.29) is 29.4 Å². The lowest BCUT2D eigenvalue weighted by Gasteiger charge is -2.29. The van der Waals surface area contributed by atoms with Crippen molar-refractivity contribution in [3.8, 4) is 17.6 Å². The minimum absolute atomic E-state index is 0.0175. The Labute approximate surface area is 262 Å². The molecule has 2 N–H and O–H groups in total. The van der Waals surface area contributed by atoms with Crippen LogP contribution in [-0.2, 0) is 20.9 Å². The monoisotopic (exact) mass is 609 g/mol. The largest absolute Gasteiger partial charge is 0.493 e. The maximum atomic E-state index is 13.3. The molecular weight excluding hydrogens is 574 g/mol. The minimum atomic E-state index is -0.778. The van der Waals surface area contributed by atoms with Crippen LogP contribution >= 0.6 is 11.8 Å². The lowest BCUT2D eigenvalue weighted by molar-refractivity contribution is -0.138. The van der Waals surface area contributed by atoms with E-state index >= 15 is 0 Å². The standard InChI is InChI=1S/C35H35N3O5S/c1-6-16-42-35(40)32-24(4)37-34(44-21-31(39)38-28-17-22(2)12-13-23(28)3)27(19-36)33(32)26-14-15-29(30(18-26)41-5)43-20-25-10-8-7-9-11-25/h6-15,17-18,33,37H,1,16,20-21H2,2-5H3,(H,38,39)/t33-/m0/s1. The Bertz CT molecular complexity index is 1660. The van der Waals surface area contributed by atoms with Crippen LogP contribution in [0.25, 0.3) is 0 Å². The van der Waals surface area contributed by atoms with E-state index in [2.05, 4.69) is 23.3 Å². The van der Waals surface area contributed by atoms with E-state index in [4.69, 9.17) is 14.2 Å². The van der Waals surface area contributed by atoms with Crippen molar-refractivity contribution in [2.24, 2.45) is 0 Å². The molecule has 4 rings (SSSR count). The number of hydrogen-bond donors (Lipinski definition) is 2. The van der Waals surface area contributed by atoms with E-state index in [1.807, 2.05) is 62.4 Å². The summed E-state index contributed by atoms with van der Waals surface area (Å²) in [6.45, 7) is 9.63. The molecule has 0 saturated carbocycles. The number of aryl methyl sites for hydroxylation is 2. The van der Waals surface area contributed by atoms with Gasteiger partial charge in [0, 0.05) is 11.4 Å². The molecular formula is C35H35N3O5S. The van der Waals surface area contributed by atoms with Crippen molar-refractivity contribution in [1.82, 2.24) is 5.32 Å². The minimum Gasteiger partial charge on any atom is -0.493 e. The van der Waals surface area contributed by atoms with Gasteiger partial charge in [0.15, 0.2) is 11.5 Å². The number of amides is 1. The highest BCUT2D eigenvalue weighted by molar-refractivity contribution is 8.03. The predicted octanol–water partition coefficient (Wildman–Crippen LogP) is 6.69. The number of methoxy groups -OCH3 is 1. The summed E-state index contributed by atoms with van der Waals surface area (Å²) in [5.41, 5.74) is 5.45. The number of anilines is 1. The van der Waals surface area contributed by atoms with Crippen LogP contribution in [0.2, 0.25) is 0 Å². The first-order valence-electron chi connectivity index (χ1n) is 14.0. The molecule has 0 spiro atoms. The topological polar surface area (TPSA) is 110 Å². The Balaban J connectivity index is 1.65. The summed E-state index contributed by atoms with van der Waals surface area (Å²) in [4.78, 5) is 26.2. The van der Waals surface area contributed by atoms with Crippen LogP contribution < -0.4 is 20.1 Å².